The number of halogens is 2. The number of nitrogens with zero attached hydrogens (tertiary/aromatic N) is 1. The standard InChI is InChI=1S/C21H25ClFNO2/c1-16(15-24(2)3)21(26-20(25)19(22)23,18-12-8-5-9-13-18)14-17-10-6-4-7-11-17/h4-13,16,19H,14-15H2,1-3H3/t16-,19?,21+/m1/s1. The highest BCUT2D eigenvalue weighted by Gasteiger charge is 2.43. The maximum absolute atomic E-state index is 13.5. The van der Waals surface area contributed by atoms with Gasteiger partial charge in [0.25, 0.3) is 5.63 Å². The minimum absolute atomic E-state index is 0.0977. The summed E-state index contributed by atoms with van der Waals surface area (Å²) in [4.78, 5) is 14.2. The number of hydrogen-bond acceptors (Lipinski definition) is 3. The molecule has 0 radical (unpaired) electrons. The van der Waals surface area contributed by atoms with E-state index in [1.807, 2.05) is 86.6 Å². The smallest absolute Gasteiger partial charge is 0.357 e. The lowest BCUT2D eigenvalue weighted by Gasteiger charge is -2.40. The lowest BCUT2D eigenvalue weighted by atomic mass is 9.77. The second-order valence-electron chi connectivity index (χ2n) is 6.80. The monoisotopic (exact) mass is 377 g/mol. The topological polar surface area (TPSA) is 29.5 Å². The molecule has 0 amide bonds. The van der Waals surface area contributed by atoms with Crippen LogP contribution in [0.3, 0.4) is 0 Å². The molecule has 0 bridgehead atoms. The summed E-state index contributed by atoms with van der Waals surface area (Å²) in [5, 5.41) is 0. The molecule has 140 valence electrons. The van der Waals surface area contributed by atoms with Crippen molar-refractivity contribution in [2.24, 2.45) is 5.92 Å². The van der Waals surface area contributed by atoms with E-state index in [0.717, 1.165) is 11.1 Å². The second kappa shape index (κ2) is 9.15. The lowest BCUT2D eigenvalue weighted by Crippen LogP contribution is -2.45. The van der Waals surface area contributed by atoms with E-state index in [0.29, 0.717) is 13.0 Å². The first-order valence-corrected chi connectivity index (χ1v) is 9.04. The van der Waals surface area contributed by atoms with Gasteiger partial charge in [-0.05, 0) is 25.2 Å². The molecule has 2 aromatic carbocycles. The van der Waals surface area contributed by atoms with Crippen molar-refractivity contribution < 1.29 is 13.9 Å². The van der Waals surface area contributed by atoms with Crippen molar-refractivity contribution in [2.45, 2.75) is 24.6 Å². The summed E-state index contributed by atoms with van der Waals surface area (Å²) in [5.74, 6) is -1.16. The Bertz CT molecular complexity index is 694. The minimum atomic E-state index is -2.19. The predicted octanol–water partition coefficient (Wildman–Crippen LogP) is 4.40. The molecule has 0 saturated carbocycles. The van der Waals surface area contributed by atoms with E-state index in [9.17, 15) is 9.18 Å². The summed E-state index contributed by atoms with van der Waals surface area (Å²) < 4.78 is 19.3. The summed E-state index contributed by atoms with van der Waals surface area (Å²) in [6, 6.07) is 19.2. The van der Waals surface area contributed by atoms with Gasteiger partial charge in [0, 0.05) is 18.9 Å². The van der Waals surface area contributed by atoms with Crippen LogP contribution in [0.2, 0.25) is 0 Å². The third-order valence-corrected chi connectivity index (χ3v) is 4.65. The second-order valence-corrected chi connectivity index (χ2v) is 7.19. The molecule has 1 unspecified atom stereocenters. The summed E-state index contributed by atoms with van der Waals surface area (Å²) in [5.41, 5.74) is -1.40. The van der Waals surface area contributed by atoms with Crippen LogP contribution in [0.4, 0.5) is 4.39 Å². The van der Waals surface area contributed by atoms with Crippen LogP contribution in [0.1, 0.15) is 18.1 Å². The van der Waals surface area contributed by atoms with Crippen LogP contribution in [0, 0.1) is 5.92 Å². The maximum Gasteiger partial charge on any atom is 0.357 e. The summed E-state index contributed by atoms with van der Waals surface area (Å²) in [6.07, 6.45) is 0.433. The van der Waals surface area contributed by atoms with Crippen molar-refractivity contribution >= 4 is 17.6 Å². The maximum atomic E-state index is 13.5. The Hall–Kier alpha value is -1.91. The van der Waals surface area contributed by atoms with Crippen LogP contribution in [0.15, 0.2) is 60.7 Å². The van der Waals surface area contributed by atoms with E-state index < -0.39 is 17.2 Å². The number of esters is 1. The summed E-state index contributed by atoms with van der Waals surface area (Å²) in [6.45, 7) is 2.67. The Labute approximate surface area is 159 Å². The van der Waals surface area contributed by atoms with Crippen LogP contribution in [-0.2, 0) is 21.6 Å². The molecule has 0 heterocycles. The number of benzene rings is 2. The van der Waals surface area contributed by atoms with Crippen LogP contribution >= 0.6 is 11.6 Å². The minimum Gasteiger partial charge on any atom is -0.450 e. The third-order valence-electron chi connectivity index (χ3n) is 4.47. The largest absolute Gasteiger partial charge is 0.450 e. The Balaban J connectivity index is 2.55. The molecule has 5 heteroatoms. The highest BCUT2D eigenvalue weighted by atomic mass is 35.5. The van der Waals surface area contributed by atoms with Gasteiger partial charge in [-0.15, -0.1) is 0 Å². The van der Waals surface area contributed by atoms with Gasteiger partial charge >= 0.3 is 5.97 Å². The van der Waals surface area contributed by atoms with Gasteiger partial charge in [-0.25, -0.2) is 9.18 Å². The Morgan fingerprint density at radius 3 is 2.15 bits per heavy atom. The molecule has 0 saturated heterocycles. The molecule has 0 aliphatic rings. The lowest BCUT2D eigenvalue weighted by molar-refractivity contribution is -0.171. The van der Waals surface area contributed by atoms with E-state index >= 15 is 0 Å². The molecule has 0 spiro atoms. The number of rotatable bonds is 8. The molecule has 3 atom stereocenters. The summed E-state index contributed by atoms with van der Waals surface area (Å²) >= 11 is 5.38. The van der Waals surface area contributed by atoms with Gasteiger partial charge in [-0.3, -0.25) is 0 Å². The number of carbonyl (C=O) groups excluding carboxylic acids is 1. The molecular weight excluding hydrogens is 353 g/mol. The molecule has 2 rings (SSSR count). The fourth-order valence-electron chi connectivity index (χ4n) is 3.30. The number of alkyl halides is 2. The van der Waals surface area contributed by atoms with E-state index in [2.05, 4.69) is 0 Å². The Morgan fingerprint density at radius 1 is 1.12 bits per heavy atom. The van der Waals surface area contributed by atoms with Gasteiger partial charge < -0.3 is 9.64 Å². The van der Waals surface area contributed by atoms with Crippen molar-refractivity contribution in [3.8, 4) is 0 Å². The van der Waals surface area contributed by atoms with E-state index in [-0.39, 0.29) is 5.92 Å². The molecule has 26 heavy (non-hydrogen) atoms. The van der Waals surface area contributed by atoms with Gasteiger partial charge in [-0.1, -0.05) is 79.2 Å². The van der Waals surface area contributed by atoms with E-state index in [1.54, 1.807) is 0 Å². The fraction of sp³-hybridized carbons (Fsp3) is 0.381. The molecule has 0 aliphatic carbocycles. The quantitative estimate of drug-likeness (QED) is 0.504. The van der Waals surface area contributed by atoms with Gasteiger partial charge in [-0.2, -0.15) is 0 Å². The van der Waals surface area contributed by atoms with Crippen LogP contribution < -0.4 is 0 Å². The van der Waals surface area contributed by atoms with Crippen LogP contribution in [0.25, 0.3) is 0 Å². The normalized spacial score (nSPS) is 15.9. The highest BCUT2D eigenvalue weighted by molar-refractivity contribution is 6.28. The van der Waals surface area contributed by atoms with Crippen molar-refractivity contribution in [3.63, 3.8) is 0 Å². The zero-order valence-corrected chi connectivity index (χ0v) is 16.1. The van der Waals surface area contributed by atoms with E-state index in [1.165, 1.54) is 0 Å². The van der Waals surface area contributed by atoms with E-state index in [4.69, 9.17) is 16.3 Å². The average molecular weight is 378 g/mol. The van der Waals surface area contributed by atoms with Crippen molar-refractivity contribution in [1.29, 1.82) is 0 Å². The molecule has 3 nitrogen and oxygen atoms in total. The molecule has 0 N–H and O–H groups in total. The SMILES string of the molecule is C[C@H](CN(C)C)[C@](Cc1ccccc1)(OC(=O)C(F)Cl)c1ccccc1. The molecule has 0 fully saturated rings. The first-order valence-electron chi connectivity index (χ1n) is 8.60. The van der Waals surface area contributed by atoms with Crippen molar-refractivity contribution in [2.75, 3.05) is 20.6 Å². The fourth-order valence-corrected chi connectivity index (χ4v) is 3.34. The number of ether oxygens (including phenoxy) is 1. The van der Waals surface area contributed by atoms with Gasteiger partial charge in [0.2, 0.25) is 0 Å². The highest BCUT2D eigenvalue weighted by Crippen LogP contribution is 2.38. The van der Waals surface area contributed by atoms with Gasteiger partial charge in [0.05, 0.1) is 0 Å². The molecule has 0 aliphatic heterocycles. The van der Waals surface area contributed by atoms with Crippen LogP contribution in [-0.4, -0.2) is 37.1 Å². The Morgan fingerprint density at radius 2 is 1.65 bits per heavy atom. The molecular formula is C21H25ClFNO2. The average Bonchev–Trinajstić information content (AvgIpc) is 2.62. The predicted molar refractivity (Wildman–Crippen MR) is 103 cm³/mol. The van der Waals surface area contributed by atoms with Crippen molar-refractivity contribution in [1.82, 2.24) is 4.90 Å². The number of hydrogen-bond donors (Lipinski definition) is 0. The zero-order valence-electron chi connectivity index (χ0n) is 15.4. The van der Waals surface area contributed by atoms with Crippen LogP contribution in [0.5, 0.6) is 0 Å². The zero-order chi connectivity index (χ0) is 19.2. The molecule has 2 aromatic rings. The van der Waals surface area contributed by atoms with Crippen molar-refractivity contribution in [3.05, 3.63) is 71.8 Å². The third kappa shape index (κ3) is 5.05. The summed E-state index contributed by atoms with van der Waals surface area (Å²) in [7, 11) is 3.91. The van der Waals surface area contributed by atoms with Gasteiger partial charge in [0.1, 0.15) is 5.60 Å². The van der Waals surface area contributed by atoms with Gasteiger partial charge in [0.15, 0.2) is 0 Å². The Kier molecular flexibility index (Phi) is 7.18. The first-order chi connectivity index (χ1) is 12.3. The number of carbonyl (C=O) groups is 1. The first kappa shape index (κ1) is 20.4. The molecule has 0 aromatic heterocycles.